The van der Waals surface area contributed by atoms with Crippen LogP contribution in [0.3, 0.4) is 0 Å². The first-order chi connectivity index (χ1) is 6.33. The number of hydrogen-bond acceptors (Lipinski definition) is 3. The molecule has 0 radical (unpaired) electrons. The first-order valence-electron chi connectivity index (χ1n) is 4.86. The topological polar surface area (TPSA) is 38.3 Å². The van der Waals surface area contributed by atoms with Crippen LogP contribution in [0.5, 0.6) is 0 Å². The molecule has 0 fully saturated rings. The molecule has 0 spiro atoms. The molecule has 0 aliphatic carbocycles. The Morgan fingerprint density at radius 2 is 2.54 bits per heavy atom. The molecule has 1 aliphatic heterocycles. The largest absolute Gasteiger partial charge is 0.385 e. The smallest absolute Gasteiger partial charge is 0.159 e. The second-order valence-electron chi connectivity index (χ2n) is 3.30. The highest BCUT2D eigenvalue weighted by atomic mass is 16.5. The van der Waals surface area contributed by atoms with Gasteiger partial charge in [0.2, 0.25) is 0 Å². The fourth-order valence-electron chi connectivity index (χ4n) is 1.23. The lowest BCUT2D eigenvalue weighted by atomic mass is 10.1. The number of hydrogen-bond donors (Lipinski definition) is 1. The predicted octanol–water partition coefficient (Wildman–Crippen LogP) is 1.25. The molecule has 3 heteroatoms. The van der Waals surface area contributed by atoms with Crippen LogP contribution in [0.2, 0.25) is 0 Å². The van der Waals surface area contributed by atoms with Crippen molar-refractivity contribution >= 4 is 5.78 Å². The molecule has 3 nitrogen and oxygen atoms in total. The summed E-state index contributed by atoms with van der Waals surface area (Å²) in [5.74, 6) is 0.183. The Morgan fingerprint density at radius 3 is 3.23 bits per heavy atom. The molecular formula is C10H17NO2. The van der Waals surface area contributed by atoms with Gasteiger partial charge in [0.1, 0.15) is 0 Å². The van der Waals surface area contributed by atoms with Crippen LogP contribution in [0.15, 0.2) is 12.3 Å². The third-order valence-electron chi connectivity index (χ3n) is 2.01. The highest BCUT2D eigenvalue weighted by Gasteiger charge is 2.13. The Bertz CT molecular complexity index is 189. The third kappa shape index (κ3) is 4.08. The van der Waals surface area contributed by atoms with Gasteiger partial charge in [-0.05, 0) is 12.5 Å². The standard InChI is InChI=1S/C10H17NO2/c1-2-3-6-13-8-9-7-10(12)4-5-11-9/h4-5,9,11H,2-3,6-8H2,1H3. The summed E-state index contributed by atoms with van der Waals surface area (Å²) < 4.78 is 5.41. The maximum atomic E-state index is 11.0. The van der Waals surface area contributed by atoms with Gasteiger partial charge in [0.25, 0.3) is 0 Å². The van der Waals surface area contributed by atoms with Gasteiger partial charge >= 0.3 is 0 Å². The summed E-state index contributed by atoms with van der Waals surface area (Å²) in [6.07, 6.45) is 6.08. The van der Waals surface area contributed by atoms with Gasteiger partial charge in [-0.2, -0.15) is 0 Å². The molecule has 0 bridgehead atoms. The van der Waals surface area contributed by atoms with Crippen LogP contribution in [0.25, 0.3) is 0 Å². The minimum Gasteiger partial charge on any atom is -0.385 e. The Kier molecular flexibility index (Phi) is 4.54. The Labute approximate surface area is 79.2 Å². The maximum absolute atomic E-state index is 11.0. The maximum Gasteiger partial charge on any atom is 0.159 e. The van der Waals surface area contributed by atoms with Crippen molar-refractivity contribution in [2.45, 2.75) is 32.2 Å². The number of ketones is 1. The van der Waals surface area contributed by atoms with E-state index < -0.39 is 0 Å². The van der Waals surface area contributed by atoms with Gasteiger partial charge in [-0.25, -0.2) is 0 Å². The zero-order valence-electron chi connectivity index (χ0n) is 8.08. The summed E-state index contributed by atoms with van der Waals surface area (Å²) in [4.78, 5) is 11.0. The normalized spacial score (nSPS) is 21.6. The van der Waals surface area contributed by atoms with Crippen molar-refractivity contribution in [2.75, 3.05) is 13.2 Å². The van der Waals surface area contributed by atoms with E-state index in [-0.39, 0.29) is 11.8 Å². The van der Waals surface area contributed by atoms with Crippen molar-refractivity contribution in [3.05, 3.63) is 12.3 Å². The molecule has 0 amide bonds. The van der Waals surface area contributed by atoms with Crippen LogP contribution in [0.4, 0.5) is 0 Å². The summed E-state index contributed by atoms with van der Waals surface area (Å²) in [5.41, 5.74) is 0. The van der Waals surface area contributed by atoms with Crippen molar-refractivity contribution in [1.82, 2.24) is 5.32 Å². The van der Waals surface area contributed by atoms with Crippen LogP contribution in [-0.2, 0) is 9.53 Å². The van der Waals surface area contributed by atoms with Crippen molar-refractivity contribution in [3.8, 4) is 0 Å². The van der Waals surface area contributed by atoms with E-state index in [4.69, 9.17) is 4.74 Å². The van der Waals surface area contributed by atoms with E-state index in [1.54, 1.807) is 12.3 Å². The lowest BCUT2D eigenvalue weighted by molar-refractivity contribution is -0.115. The number of unbranched alkanes of at least 4 members (excludes halogenated alkanes) is 1. The monoisotopic (exact) mass is 183 g/mol. The fourth-order valence-corrected chi connectivity index (χ4v) is 1.23. The van der Waals surface area contributed by atoms with Gasteiger partial charge in [0.05, 0.1) is 12.6 Å². The minimum absolute atomic E-state index is 0.175. The van der Waals surface area contributed by atoms with Gasteiger partial charge in [0, 0.05) is 19.2 Å². The molecular weight excluding hydrogens is 166 g/mol. The van der Waals surface area contributed by atoms with E-state index in [2.05, 4.69) is 12.2 Å². The van der Waals surface area contributed by atoms with Gasteiger partial charge < -0.3 is 10.1 Å². The zero-order valence-corrected chi connectivity index (χ0v) is 8.08. The Morgan fingerprint density at radius 1 is 1.69 bits per heavy atom. The SMILES string of the molecule is CCCCOCC1CC(=O)C=CN1. The molecule has 0 aromatic heterocycles. The molecule has 1 unspecified atom stereocenters. The predicted molar refractivity (Wildman–Crippen MR) is 51.4 cm³/mol. The van der Waals surface area contributed by atoms with Crippen LogP contribution < -0.4 is 5.32 Å². The molecule has 74 valence electrons. The number of rotatable bonds is 5. The first-order valence-corrected chi connectivity index (χ1v) is 4.86. The summed E-state index contributed by atoms with van der Waals surface area (Å²) in [7, 11) is 0. The van der Waals surface area contributed by atoms with E-state index in [1.807, 2.05) is 0 Å². The van der Waals surface area contributed by atoms with E-state index in [1.165, 1.54) is 0 Å². The average molecular weight is 183 g/mol. The lowest BCUT2D eigenvalue weighted by Crippen LogP contribution is -2.34. The van der Waals surface area contributed by atoms with Crippen LogP contribution in [0.1, 0.15) is 26.2 Å². The molecule has 1 N–H and O–H groups in total. The third-order valence-corrected chi connectivity index (χ3v) is 2.01. The first kappa shape index (κ1) is 10.3. The molecule has 1 aliphatic rings. The van der Waals surface area contributed by atoms with Crippen LogP contribution in [0, 0.1) is 0 Å². The van der Waals surface area contributed by atoms with Gasteiger partial charge in [-0.1, -0.05) is 13.3 Å². The van der Waals surface area contributed by atoms with E-state index in [0.717, 1.165) is 19.4 Å². The highest BCUT2D eigenvalue weighted by Crippen LogP contribution is 2.01. The van der Waals surface area contributed by atoms with Crippen LogP contribution in [-0.4, -0.2) is 25.0 Å². The number of carbonyl (C=O) groups is 1. The Hall–Kier alpha value is -0.830. The number of carbonyl (C=O) groups excluding carboxylic acids is 1. The van der Waals surface area contributed by atoms with Gasteiger partial charge in [-0.3, -0.25) is 4.79 Å². The number of ether oxygens (including phenoxy) is 1. The molecule has 0 saturated carbocycles. The summed E-state index contributed by atoms with van der Waals surface area (Å²) in [6, 6.07) is 0.175. The number of nitrogens with one attached hydrogen (secondary N) is 1. The summed E-state index contributed by atoms with van der Waals surface area (Å²) >= 11 is 0. The zero-order chi connectivity index (χ0) is 9.52. The Balaban J connectivity index is 2.08. The summed E-state index contributed by atoms with van der Waals surface area (Å²) in [6.45, 7) is 3.57. The van der Waals surface area contributed by atoms with Crippen molar-refractivity contribution in [3.63, 3.8) is 0 Å². The molecule has 1 atom stereocenters. The van der Waals surface area contributed by atoms with E-state index in [9.17, 15) is 4.79 Å². The van der Waals surface area contributed by atoms with Crippen molar-refractivity contribution < 1.29 is 9.53 Å². The van der Waals surface area contributed by atoms with E-state index in [0.29, 0.717) is 13.0 Å². The molecule has 0 aromatic rings. The molecule has 0 saturated heterocycles. The molecule has 0 aromatic carbocycles. The lowest BCUT2D eigenvalue weighted by Gasteiger charge is -2.19. The minimum atomic E-state index is 0.175. The highest BCUT2D eigenvalue weighted by molar-refractivity contribution is 5.90. The van der Waals surface area contributed by atoms with Crippen molar-refractivity contribution in [1.29, 1.82) is 0 Å². The van der Waals surface area contributed by atoms with Crippen LogP contribution >= 0.6 is 0 Å². The molecule has 1 heterocycles. The average Bonchev–Trinajstić information content (AvgIpc) is 2.13. The molecule has 13 heavy (non-hydrogen) atoms. The quantitative estimate of drug-likeness (QED) is 0.652. The summed E-state index contributed by atoms with van der Waals surface area (Å²) in [5, 5.41) is 3.10. The van der Waals surface area contributed by atoms with Gasteiger partial charge in [0.15, 0.2) is 5.78 Å². The van der Waals surface area contributed by atoms with Gasteiger partial charge in [-0.15, -0.1) is 0 Å². The second-order valence-corrected chi connectivity index (χ2v) is 3.30. The second kappa shape index (κ2) is 5.75. The van der Waals surface area contributed by atoms with Crippen molar-refractivity contribution in [2.24, 2.45) is 0 Å². The molecule has 1 rings (SSSR count). The van der Waals surface area contributed by atoms with E-state index >= 15 is 0 Å². The fraction of sp³-hybridized carbons (Fsp3) is 0.700. The number of allylic oxidation sites excluding steroid dienone is 1.